The molecule has 2 heterocycles. The third kappa shape index (κ3) is 4.04. The van der Waals surface area contributed by atoms with Crippen molar-refractivity contribution in [1.82, 2.24) is 0 Å². The fourth-order valence-corrected chi connectivity index (χ4v) is 7.31. The second-order valence-corrected chi connectivity index (χ2v) is 12.1. The molecule has 0 unspecified atom stereocenters. The molecule has 172 valence electrons. The summed E-state index contributed by atoms with van der Waals surface area (Å²) in [5, 5.41) is 5.79. The zero-order valence-electron chi connectivity index (χ0n) is 20.9. The van der Waals surface area contributed by atoms with Crippen LogP contribution >= 0.6 is 22.7 Å². The molecule has 0 saturated carbocycles. The lowest BCUT2D eigenvalue weighted by Gasteiger charge is -2.08. The summed E-state index contributed by atoms with van der Waals surface area (Å²) in [5.41, 5.74) is 5.68. The second kappa shape index (κ2) is 9.17. The monoisotopic (exact) mass is 480 g/mol. The van der Waals surface area contributed by atoms with Gasteiger partial charge in [0.2, 0.25) is 0 Å². The van der Waals surface area contributed by atoms with Gasteiger partial charge in [0.25, 0.3) is 0 Å². The lowest BCUT2D eigenvalue weighted by molar-refractivity contribution is 0.869. The van der Waals surface area contributed by atoms with Gasteiger partial charge in [0.15, 0.2) is 0 Å². The van der Waals surface area contributed by atoms with E-state index in [0.717, 1.165) is 0 Å². The number of aryl methyl sites for hydroxylation is 2. The molecule has 0 aliphatic carbocycles. The molecule has 0 radical (unpaired) electrons. The van der Waals surface area contributed by atoms with E-state index in [1.165, 1.54) is 62.6 Å². The average molecular weight is 481 g/mol. The maximum atomic E-state index is 2.37. The van der Waals surface area contributed by atoms with Crippen molar-refractivity contribution in [3.8, 4) is 0 Å². The molecule has 6 aromatic rings. The van der Waals surface area contributed by atoms with E-state index >= 15 is 0 Å². The summed E-state index contributed by atoms with van der Waals surface area (Å²) in [4.78, 5) is 0. The summed E-state index contributed by atoms with van der Waals surface area (Å²) in [6.45, 7) is 13.5. The molecule has 4 aromatic carbocycles. The molecule has 0 saturated heterocycles. The Morgan fingerprint density at radius 1 is 0.529 bits per heavy atom. The Labute approximate surface area is 210 Å². The van der Waals surface area contributed by atoms with Crippen LogP contribution in [0.5, 0.6) is 0 Å². The highest BCUT2D eigenvalue weighted by molar-refractivity contribution is 7.26. The molecule has 0 bridgehead atoms. The van der Waals surface area contributed by atoms with Crippen LogP contribution in [-0.2, 0) is 0 Å². The molecule has 0 amide bonds. The highest BCUT2D eigenvalue weighted by Gasteiger charge is 2.12. The summed E-state index contributed by atoms with van der Waals surface area (Å²) >= 11 is 3.80. The van der Waals surface area contributed by atoms with Gasteiger partial charge in [0, 0.05) is 40.3 Å². The van der Waals surface area contributed by atoms with Crippen molar-refractivity contribution in [3.63, 3.8) is 0 Å². The van der Waals surface area contributed by atoms with Crippen molar-refractivity contribution in [1.29, 1.82) is 0 Å². The van der Waals surface area contributed by atoms with Crippen LogP contribution in [0.2, 0.25) is 0 Å². The van der Waals surface area contributed by atoms with Crippen LogP contribution in [0.3, 0.4) is 0 Å². The van der Waals surface area contributed by atoms with E-state index in [-0.39, 0.29) is 0 Å². The summed E-state index contributed by atoms with van der Waals surface area (Å²) in [5.74, 6) is 1.18. The standard InChI is InChI=1S/2C16H16S/c1-10(2)12-7-5-9-14-16(12)15-11(3)6-4-8-13(15)17-14;1-10(2)12-7-8-14-13(9-12)16-11(3)5-4-6-15(16)17-14/h2*4-10H,1-3H3. The first-order valence-electron chi connectivity index (χ1n) is 12.2. The zero-order valence-corrected chi connectivity index (χ0v) is 22.5. The third-order valence-corrected chi connectivity index (χ3v) is 9.04. The molecule has 0 aliphatic heterocycles. The van der Waals surface area contributed by atoms with Gasteiger partial charge in [-0.3, -0.25) is 0 Å². The van der Waals surface area contributed by atoms with Gasteiger partial charge in [-0.15, -0.1) is 22.7 Å². The fourth-order valence-electron chi connectivity index (χ4n) is 4.93. The van der Waals surface area contributed by atoms with Crippen molar-refractivity contribution < 1.29 is 0 Å². The predicted molar refractivity (Wildman–Crippen MR) is 156 cm³/mol. The van der Waals surface area contributed by atoms with Gasteiger partial charge in [0.1, 0.15) is 0 Å². The van der Waals surface area contributed by atoms with Crippen LogP contribution in [0.4, 0.5) is 0 Å². The van der Waals surface area contributed by atoms with Gasteiger partial charge >= 0.3 is 0 Å². The van der Waals surface area contributed by atoms with Crippen LogP contribution < -0.4 is 0 Å². The van der Waals surface area contributed by atoms with Crippen molar-refractivity contribution in [2.24, 2.45) is 0 Å². The summed E-state index contributed by atoms with van der Waals surface area (Å²) < 4.78 is 5.63. The maximum absolute atomic E-state index is 2.37. The molecule has 2 heteroatoms. The smallest absolute Gasteiger partial charge is 0.0358 e. The third-order valence-electron chi connectivity index (χ3n) is 6.78. The Balaban J connectivity index is 0.000000142. The van der Waals surface area contributed by atoms with E-state index in [1.54, 1.807) is 0 Å². The van der Waals surface area contributed by atoms with Crippen LogP contribution in [0.15, 0.2) is 72.8 Å². The normalized spacial score (nSPS) is 11.8. The van der Waals surface area contributed by atoms with Gasteiger partial charge in [-0.1, -0.05) is 70.2 Å². The molecule has 0 atom stereocenters. The topological polar surface area (TPSA) is 0 Å². The lowest BCUT2D eigenvalue weighted by atomic mass is 9.96. The first-order valence-corrected chi connectivity index (χ1v) is 13.8. The van der Waals surface area contributed by atoms with Crippen LogP contribution in [0.1, 0.15) is 61.8 Å². The first kappa shape index (κ1) is 23.1. The van der Waals surface area contributed by atoms with Crippen molar-refractivity contribution in [3.05, 3.63) is 95.1 Å². The van der Waals surface area contributed by atoms with Gasteiger partial charge in [-0.2, -0.15) is 0 Å². The van der Waals surface area contributed by atoms with E-state index in [4.69, 9.17) is 0 Å². The maximum Gasteiger partial charge on any atom is 0.0358 e. The number of hydrogen-bond acceptors (Lipinski definition) is 2. The van der Waals surface area contributed by atoms with E-state index in [1.807, 2.05) is 22.7 Å². The van der Waals surface area contributed by atoms with Crippen LogP contribution in [0, 0.1) is 13.8 Å². The quantitative estimate of drug-likeness (QED) is 0.231. The lowest BCUT2D eigenvalue weighted by Crippen LogP contribution is -1.88. The molecule has 0 fully saturated rings. The number of rotatable bonds is 2. The van der Waals surface area contributed by atoms with Gasteiger partial charge < -0.3 is 0 Å². The molecule has 34 heavy (non-hydrogen) atoms. The number of fused-ring (bicyclic) bond motifs is 6. The van der Waals surface area contributed by atoms with E-state index < -0.39 is 0 Å². The Morgan fingerprint density at radius 3 is 1.74 bits per heavy atom. The minimum atomic E-state index is 0.580. The molecular weight excluding hydrogens is 448 g/mol. The summed E-state index contributed by atoms with van der Waals surface area (Å²) in [6, 6.07) is 26.8. The van der Waals surface area contributed by atoms with Gasteiger partial charge in [0.05, 0.1) is 0 Å². The average Bonchev–Trinajstić information content (AvgIpc) is 3.38. The summed E-state index contributed by atoms with van der Waals surface area (Å²) in [7, 11) is 0. The molecule has 0 spiro atoms. The van der Waals surface area contributed by atoms with E-state index in [2.05, 4.69) is 114 Å². The number of thiophene rings is 2. The minimum Gasteiger partial charge on any atom is -0.135 e. The Morgan fingerprint density at radius 2 is 1.09 bits per heavy atom. The highest BCUT2D eigenvalue weighted by Crippen LogP contribution is 2.40. The van der Waals surface area contributed by atoms with Gasteiger partial charge in [-0.05, 0) is 78.3 Å². The van der Waals surface area contributed by atoms with Crippen LogP contribution in [0.25, 0.3) is 40.3 Å². The fraction of sp³-hybridized carbons (Fsp3) is 0.250. The molecular formula is C32H32S2. The van der Waals surface area contributed by atoms with Crippen LogP contribution in [-0.4, -0.2) is 0 Å². The molecule has 0 nitrogen and oxygen atoms in total. The SMILES string of the molecule is Cc1cccc2sc3ccc(C(C)C)cc3c12.Cc1cccc2sc3cccc(C(C)C)c3c12. The van der Waals surface area contributed by atoms with E-state index in [0.29, 0.717) is 11.8 Å². The Hall–Kier alpha value is -2.68. The zero-order chi connectivity index (χ0) is 24.0. The molecule has 6 rings (SSSR count). The molecule has 0 aliphatic rings. The molecule has 2 aromatic heterocycles. The number of benzene rings is 4. The number of hydrogen-bond donors (Lipinski definition) is 0. The highest BCUT2D eigenvalue weighted by atomic mass is 32.1. The van der Waals surface area contributed by atoms with Crippen molar-refractivity contribution >= 4 is 63.0 Å². The van der Waals surface area contributed by atoms with Gasteiger partial charge in [-0.25, -0.2) is 0 Å². The molecule has 0 N–H and O–H groups in total. The largest absolute Gasteiger partial charge is 0.135 e. The Bertz CT molecular complexity index is 1630. The van der Waals surface area contributed by atoms with Crippen molar-refractivity contribution in [2.45, 2.75) is 53.4 Å². The second-order valence-electron chi connectivity index (χ2n) is 9.89. The Kier molecular flexibility index (Phi) is 6.22. The first-order chi connectivity index (χ1) is 16.3. The van der Waals surface area contributed by atoms with E-state index in [9.17, 15) is 0 Å². The summed E-state index contributed by atoms with van der Waals surface area (Å²) in [6.07, 6.45) is 0. The predicted octanol–water partition coefficient (Wildman–Crippen LogP) is 11.0. The van der Waals surface area contributed by atoms with Crippen molar-refractivity contribution in [2.75, 3.05) is 0 Å². The minimum absolute atomic E-state index is 0.580.